The molecule has 0 aliphatic carbocycles. The standard InChI is InChI=1S/C39H39N3/c1-26(2)33-18-11-19-34(27(3)4)37(33)42-23-22-41-38(42)30-14-10-16-32(25-30)39(5,6)31-15-9-13-29(24-31)36-35-17-8-7-12-28(35)20-21-40-36/h7-27H,1-6H3. The van der Waals surface area contributed by atoms with Gasteiger partial charge in [0, 0.05) is 40.5 Å². The molecule has 6 rings (SSSR count). The fourth-order valence-electron chi connectivity index (χ4n) is 6.11. The molecule has 0 radical (unpaired) electrons. The van der Waals surface area contributed by atoms with E-state index in [2.05, 4.69) is 149 Å². The maximum absolute atomic E-state index is 4.90. The van der Waals surface area contributed by atoms with Gasteiger partial charge in [-0.3, -0.25) is 9.55 Å². The highest BCUT2D eigenvalue weighted by molar-refractivity contribution is 5.94. The molecule has 210 valence electrons. The van der Waals surface area contributed by atoms with Gasteiger partial charge in [-0.05, 0) is 57.7 Å². The number of benzene rings is 4. The van der Waals surface area contributed by atoms with Gasteiger partial charge >= 0.3 is 0 Å². The number of fused-ring (bicyclic) bond motifs is 1. The Kier molecular flexibility index (Phi) is 7.28. The summed E-state index contributed by atoms with van der Waals surface area (Å²) in [6.45, 7) is 13.7. The summed E-state index contributed by atoms with van der Waals surface area (Å²) >= 11 is 0. The first-order chi connectivity index (χ1) is 20.3. The summed E-state index contributed by atoms with van der Waals surface area (Å²) in [5, 5.41) is 2.38. The summed E-state index contributed by atoms with van der Waals surface area (Å²) in [6.07, 6.45) is 5.94. The molecule has 0 N–H and O–H groups in total. The van der Waals surface area contributed by atoms with Gasteiger partial charge in [0.15, 0.2) is 0 Å². The number of aromatic nitrogens is 3. The molecule has 3 nitrogen and oxygen atoms in total. The minimum atomic E-state index is -0.229. The van der Waals surface area contributed by atoms with Crippen molar-refractivity contribution in [1.29, 1.82) is 0 Å². The van der Waals surface area contributed by atoms with Crippen LogP contribution in [-0.2, 0) is 5.41 Å². The Morgan fingerprint density at radius 3 is 1.93 bits per heavy atom. The van der Waals surface area contributed by atoms with E-state index in [1.165, 1.54) is 38.7 Å². The molecule has 4 aromatic carbocycles. The first-order valence-corrected chi connectivity index (χ1v) is 15.0. The van der Waals surface area contributed by atoms with E-state index in [4.69, 9.17) is 9.97 Å². The molecule has 0 aliphatic heterocycles. The summed E-state index contributed by atoms with van der Waals surface area (Å²) in [7, 11) is 0. The van der Waals surface area contributed by atoms with Gasteiger partial charge in [-0.2, -0.15) is 0 Å². The van der Waals surface area contributed by atoms with E-state index in [0.29, 0.717) is 11.8 Å². The van der Waals surface area contributed by atoms with Gasteiger partial charge in [0.25, 0.3) is 0 Å². The van der Waals surface area contributed by atoms with Crippen LogP contribution >= 0.6 is 0 Å². The van der Waals surface area contributed by atoms with E-state index in [1.807, 2.05) is 12.4 Å². The zero-order chi connectivity index (χ0) is 29.4. The SMILES string of the molecule is CC(C)c1cccc(C(C)C)c1-n1ccnc1-c1cccc(C(C)(C)c2cccc(-c3nccc4ccccc34)c2)c1. The average molecular weight is 550 g/mol. The quantitative estimate of drug-likeness (QED) is 0.198. The van der Waals surface area contributed by atoms with Crippen molar-refractivity contribution >= 4 is 10.8 Å². The minimum Gasteiger partial charge on any atom is -0.299 e. The third-order valence-electron chi connectivity index (χ3n) is 8.60. The minimum absolute atomic E-state index is 0.229. The fourth-order valence-corrected chi connectivity index (χ4v) is 6.11. The van der Waals surface area contributed by atoms with Gasteiger partial charge in [-0.15, -0.1) is 0 Å². The van der Waals surface area contributed by atoms with Gasteiger partial charge in [0.05, 0.1) is 11.4 Å². The van der Waals surface area contributed by atoms with Crippen LogP contribution < -0.4 is 0 Å². The zero-order valence-electron chi connectivity index (χ0n) is 25.5. The van der Waals surface area contributed by atoms with Crippen molar-refractivity contribution in [3.8, 4) is 28.3 Å². The fraction of sp³-hybridized carbons (Fsp3) is 0.231. The van der Waals surface area contributed by atoms with Crippen LogP contribution in [0.4, 0.5) is 0 Å². The number of pyridine rings is 1. The maximum Gasteiger partial charge on any atom is 0.144 e. The van der Waals surface area contributed by atoms with Crippen molar-refractivity contribution < 1.29 is 0 Å². The molecule has 0 saturated carbocycles. The topological polar surface area (TPSA) is 30.7 Å². The van der Waals surface area contributed by atoms with Crippen LogP contribution in [0.15, 0.2) is 116 Å². The van der Waals surface area contributed by atoms with Crippen molar-refractivity contribution in [3.63, 3.8) is 0 Å². The maximum atomic E-state index is 4.90. The smallest absolute Gasteiger partial charge is 0.144 e. The lowest BCUT2D eigenvalue weighted by molar-refractivity contribution is 0.641. The average Bonchev–Trinajstić information content (AvgIpc) is 3.50. The van der Waals surface area contributed by atoms with Gasteiger partial charge < -0.3 is 0 Å². The van der Waals surface area contributed by atoms with Crippen LogP contribution in [0.25, 0.3) is 39.1 Å². The molecule has 0 aliphatic rings. The van der Waals surface area contributed by atoms with Crippen molar-refractivity contribution in [2.24, 2.45) is 0 Å². The van der Waals surface area contributed by atoms with E-state index < -0.39 is 0 Å². The third-order valence-corrected chi connectivity index (χ3v) is 8.60. The van der Waals surface area contributed by atoms with Gasteiger partial charge in [0.1, 0.15) is 5.82 Å². The summed E-state index contributed by atoms with van der Waals surface area (Å²) in [5.41, 5.74) is 9.49. The molecule has 0 saturated heterocycles. The number of nitrogens with zero attached hydrogens (tertiary/aromatic N) is 3. The highest BCUT2D eigenvalue weighted by Crippen LogP contribution is 2.38. The van der Waals surface area contributed by atoms with Crippen LogP contribution in [0.5, 0.6) is 0 Å². The summed E-state index contributed by atoms with van der Waals surface area (Å²) in [5.74, 6) is 1.78. The molecule has 0 unspecified atom stereocenters. The van der Waals surface area contributed by atoms with E-state index in [1.54, 1.807) is 0 Å². The molecule has 2 aromatic heterocycles. The second kappa shape index (κ2) is 11.1. The van der Waals surface area contributed by atoms with Crippen LogP contribution in [-0.4, -0.2) is 14.5 Å². The van der Waals surface area contributed by atoms with E-state index in [9.17, 15) is 0 Å². The highest BCUT2D eigenvalue weighted by atomic mass is 15.1. The number of hydrogen-bond donors (Lipinski definition) is 0. The van der Waals surface area contributed by atoms with E-state index in [0.717, 1.165) is 22.6 Å². The Morgan fingerprint density at radius 2 is 1.24 bits per heavy atom. The molecule has 0 bridgehead atoms. The molecule has 0 fully saturated rings. The first kappa shape index (κ1) is 27.7. The van der Waals surface area contributed by atoms with Gasteiger partial charge in [0.2, 0.25) is 0 Å². The molecule has 2 heterocycles. The molecule has 6 aromatic rings. The Morgan fingerprint density at radius 1 is 0.619 bits per heavy atom. The Bertz CT molecular complexity index is 1840. The Balaban J connectivity index is 1.43. The molecule has 0 amide bonds. The molecular weight excluding hydrogens is 510 g/mol. The van der Waals surface area contributed by atoms with Crippen LogP contribution in [0.2, 0.25) is 0 Å². The number of rotatable bonds is 7. The highest BCUT2D eigenvalue weighted by Gasteiger charge is 2.25. The molecular formula is C39H39N3. The molecule has 3 heteroatoms. The zero-order valence-corrected chi connectivity index (χ0v) is 25.5. The number of para-hydroxylation sites is 1. The van der Waals surface area contributed by atoms with Crippen LogP contribution in [0.1, 0.15) is 75.6 Å². The Labute approximate surface area is 249 Å². The van der Waals surface area contributed by atoms with Crippen LogP contribution in [0.3, 0.4) is 0 Å². The predicted molar refractivity (Wildman–Crippen MR) is 176 cm³/mol. The van der Waals surface area contributed by atoms with Crippen molar-refractivity contribution in [2.75, 3.05) is 0 Å². The predicted octanol–water partition coefficient (Wildman–Crippen LogP) is 10.3. The lowest BCUT2D eigenvalue weighted by atomic mass is 9.77. The third kappa shape index (κ3) is 4.94. The van der Waals surface area contributed by atoms with Crippen molar-refractivity contribution in [3.05, 3.63) is 138 Å². The first-order valence-electron chi connectivity index (χ1n) is 15.0. The van der Waals surface area contributed by atoms with Gasteiger partial charge in [-0.1, -0.05) is 120 Å². The van der Waals surface area contributed by atoms with Crippen molar-refractivity contribution in [1.82, 2.24) is 14.5 Å². The number of hydrogen-bond acceptors (Lipinski definition) is 2. The van der Waals surface area contributed by atoms with E-state index in [-0.39, 0.29) is 5.41 Å². The normalized spacial score (nSPS) is 12.0. The molecule has 0 spiro atoms. The second-order valence-electron chi connectivity index (χ2n) is 12.4. The number of imidazole rings is 1. The lowest BCUT2D eigenvalue weighted by Gasteiger charge is -2.27. The second-order valence-corrected chi connectivity index (χ2v) is 12.4. The van der Waals surface area contributed by atoms with Crippen molar-refractivity contribution in [2.45, 2.75) is 58.8 Å². The monoisotopic (exact) mass is 549 g/mol. The largest absolute Gasteiger partial charge is 0.299 e. The molecule has 0 atom stereocenters. The lowest BCUT2D eigenvalue weighted by Crippen LogP contribution is -2.19. The van der Waals surface area contributed by atoms with Crippen LogP contribution in [0, 0.1) is 0 Å². The van der Waals surface area contributed by atoms with E-state index >= 15 is 0 Å². The van der Waals surface area contributed by atoms with Gasteiger partial charge in [-0.25, -0.2) is 4.98 Å². The summed E-state index contributed by atoms with van der Waals surface area (Å²) in [6, 6.07) is 35.0. The molecule has 42 heavy (non-hydrogen) atoms. The summed E-state index contributed by atoms with van der Waals surface area (Å²) in [4.78, 5) is 9.68. The Hall–Kier alpha value is -4.50. The summed E-state index contributed by atoms with van der Waals surface area (Å²) < 4.78 is 2.30.